The van der Waals surface area contributed by atoms with Crippen LogP contribution >= 0.6 is 0 Å². The van der Waals surface area contributed by atoms with Gasteiger partial charge in [-0.3, -0.25) is 0 Å². The smallest absolute Gasteiger partial charge is 0.323 e. The number of anilines is 3. The molecule has 0 bridgehead atoms. The minimum atomic E-state index is -0.216. The molecular formula is C21H27N3O. The highest BCUT2D eigenvalue weighted by atomic mass is 16.2. The van der Waals surface area contributed by atoms with Crippen molar-refractivity contribution >= 4 is 23.1 Å². The van der Waals surface area contributed by atoms with Gasteiger partial charge in [-0.05, 0) is 68.5 Å². The zero-order chi connectivity index (χ0) is 17.8. The summed E-state index contributed by atoms with van der Waals surface area (Å²) in [6, 6.07) is 13.9. The van der Waals surface area contributed by atoms with E-state index in [1.807, 2.05) is 38.1 Å². The molecule has 1 saturated heterocycles. The summed E-state index contributed by atoms with van der Waals surface area (Å²) >= 11 is 0. The highest BCUT2D eigenvalue weighted by Gasteiger charge is 2.16. The molecule has 0 saturated carbocycles. The van der Waals surface area contributed by atoms with Crippen molar-refractivity contribution in [2.75, 3.05) is 28.6 Å². The van der Waals surface area contributed by atoms with Gasteiger partial charge in [-0.1, -0.05) is 24.6 Å². The van der Waals surface area contributed by atoms with Crippen molar-refractivity contribution < 1.29 is 4.79 Å². The number of benzene rings is 2. The molecule has 1 fully saturated rings. The van der Waals surface area contributed by atoms with Gasteiger partial charge in [0.05, 0.1) is 0 Å². The van der Waals surface area contributed by atoms with Crippen LogP contribution in [-0.2, 0) is 0 Å². The van der Waals surface area contributed by atoms with Crippen molar-refractivity contribution in [1.29, 1.82) is 0 Å². The molecule has 0 aliphatic carbocycles. The van der Waals surface area contributed by atoms with Crippen molar-refractivity contribution in [2.45, 2.75) is 33.6 Å². The number of amides is 2. The standard InChI is InChI=1S/C21H27N3O/c1-15-10-12-24(13-11-15)19-7-5-18(6-8-19)22-21(25)23-20-9-4-16(2)14-17(20)3/h4-9,14-15H,10-13H2,1-3H3,(H2,22,23,25). The first-order valence-corrected chi connectivity index (χ1v) is 9.01. The Balaban J connectivity index is 1.58. The molecule has 2 N–H and O–H groups in total. The molecule has 0 spiro atoms. The number of urea groups is 1. The van der Waals surface area contributed by atoms with E-state index in [9.17, 15) is 4.79 Å². The van der Waals surface area contributed by atoms with Gasteiger partial charge in [-0.15, -0.1) is 0 Å². The largest absolute Gasteiger partial charge is 0.372 e. The number of nitrogens with one attached hydrogen (secondary N) is 2. The highest BCUT2D eigenvalue weighted by molar-refractivity contribution is 6.00. The number of nitrogens with zero attached hydrogens (tertiary/aromatic N) is 1. The van der Waals surface area contributed by atoms with Gasteiger partial charge in [0.2, 0.25) is 0 Å². The number of piperidine rings is 1. The summed E-state index contributed by atoms with van der Waals surface area (Å²) in [5.74, 6) is 0.825. The number of carbonyl (C=O) groups is 1. The third kappa shape index (κ3) is 4.53. The SMILES string of the molecule is Cc1ccc(NC(=O)Nc2ccc(N3CCC(C)CC3)cc2)c(C)c1. The van der Waals surface area contributed by atoms with E-state index in [-0.39, 0.29) is 6.03 Å². The van der Waals surface area contributed by atoms with Gasteiger partial charge in [0.15, 0.2) is 0 Å². The number of hydrogen-bond donors (Lipinski definition) is 2. The Kier molecular flexibility index (Phi) is 5.27. The van der Waals surface area contributed by atoms with Crippen LogP contribution in [0.2, 0.25) is 0 Å². The Morgan fingerprint density at radius 1 is 1.00 bits per heavy atom. The van der Waals surface area contributed by atoms with Crippen molar-refractivity contribution in [1.82, 2.24) is 0 Å². The zero-order valence-corrected chi connectivity index (χ0v) is 15.3. The minimum Gasteiger partial charge on any atom is -0.372 e. The fourth-order valence-electron chi connectivity index (χ4n) is 3.26. The lowest BCUT2D eigenvalue weighted by atomic mass is 9.99. The molecule has 132 valence electrons. The van der Waals surface area contributed by atoms with Crippen LogP contribution in [0.25, 0.3) is 0 Å². The van der Waals surface area contributed by atoms with Gasteiger partial charge in [0.25, 0.3) is 0 Å². The maximum Gasteiger partial charge on any atom is 0.323 e. The molecule has 4 heteroatoms. The van der Waals surface area contributed by atoms with Crippen molar-refractivity contribution in [3.05, 3.63) is 53.6 Å². The molecule has 25 heavy (non-hydrogen) atoms. The number of carbonyl (C=O) groups excluding carboxylic acids is 1. The fraction of sp³-hybridized carbons (Fsp3) is 0.381. The van der Waals surface area contributed by atoms with Gasteiger partial charge in [-0.2, -0.15) is 0 Å². The van der Waals surface area contributed by atoms with Crippen LogP contribution in [-0.4, -0.2) is 19.1 Å². The molecule has 3 rings (SSSR count). The first kappa shape index (κ1) is 17.3. The van der Waals surface area contributed by atoms with Gasteiger partial charge in [-0.25, -0.2) is 4.79 Å². The Bertz CT molecular complexity index is 731. The van der Waals surface area contributed by atoms with Gasteiger partial charge >= 0.3 is 6.03 Å². The molecule has 0 radical (unpaired) electrons. The van der Waals surface area contributed by atoms with Crippen LogP contribution < -0.4 is 15.5 Å². The molecule has 1 heterocycles. The van der Waals surface area contributed by atoms with E-state index in [1.165, 1.54) is 24.1 Å². The quantitative estimate of drug-likeness (QED) is 0.810. The van der Waals surface area contributed by atoms with E-state index in [4.69, 9.17) is 0 Å². The predicted molar refractivity (Wildman–Crippen MR) is 106 cm³/mol. The average Bonchev–Trinajstić information content (AvgIpc) is 2.59. The molecule has 1 aliphatic rings. The van der Waals surface area contributed by atoms with E-state index in [2.05, 4.69) is 40.7 Å². The van der Waals surface area contributed by atoms with Crippen molar-refractivity contribution in [3.63, 3.8) is 0 Å². The van der Waals surface area contributed by atoms with Crippen LogP contribution in [0.15, 0.2) is 42.5 Å². The molecule has 0 unspecified atom stereocenters. The second kappa shape index (κ2) is 7.60. The minimum absolute atomic E-state index is 0.216. The normalized spacial score (nSPS) is 15.1. The summed E-state index contributed by atoms with van der Waals surface area (Å²) in [7, 11) is 0. The summed E-state index contributed by atoms with van der Waals surface area (Å²) in [4.78, 5) is 14.6. The zero-order valence-electron chi connectivity index (χ0n) is 15.3. The molecule has 2 amide bonds. The molecule has 1 aliphatic heterocycles. The monoisotopic (exact) mass is 337 g/mol. The van der Waals surface area contributed by atoms with E-state index in [1.54, 1.807) is 0 Å². The third-order valence-corrected chi connectivity index (χ3v) is 4.90. The molecule has 0 atom stereocenters. The summed E-state index contributed by atoms with van der Waals surface area (Å²) in [6.45, 7) is 8.58. The molecule has 0 aromatic heterocycles. The second-order valence-corrected chi connectivity index (χ2v) is 7.11. The average molecular weight is 337 g/mol. The second-order valence-electron chi connectivity index (χ2n) is 7.11. The van der Waals surface area contributed by atoms with Gasteiger partial charge in [0, 0.05) is 30.2 Å². The number of hydrogen-bond acceptors (Lipinski definition) is 2. The van der Waals surface area contributed by atoms with E-state index in [0.29, 0.717) is 0 Å². The van der Waals surface area contributed by atoms with Crippen LogP contribution in [0.4, 0.5) is 21.9 Å². The van der Waals surface area contributed by atoms with E-state index in [0.717, 1.165) is 35.9 Å². The van der Waals surface area contributed by atoms with Gasteiger partial charge in [0.1, 0.15) is 0 Å². The van der Waals surface area contributed by atoms with Crippen LogP contribution in [0.1, 0.15) is 30.9 Å². The highest BCUT2D eigenvalue weighted by Crippen LogP contribution is 2.24. The Morgan fingerprint density at radius 3 is 2.32 bits per heavy atom. The topological polar surface area (TPSA) is 44.4 Å². The lowest BCUT2D eigenvalue weighted by Crippen LogP contribution is -2.32. The number of rotatable bonds is 3. The van der Waals surface area contributed by atoms with E-state index >= 15 is 0 Å². The molecule has 4 nitrogen and oxygen atoms in total. The third-order valence-electron chi connectivity index (χ3n) is 4.90. The van der Waals surface area contributed by atoms with Crippen LogP contribution in [0.5, 0.6) is 0 Å². The summed E-state index contributed by atoms with van der Waals surface area (Å²) in [5, 5.41) is 5.81. The Labute approximate surface area is 150 Å². The molecule has 2 aromatic carbocycles. The summed E-state index contributed by atoms with van der Waals surface area (Å²) < 4.78 is 0. The summed E-state index contributed by atoms with van der Waals surface area (Å²) in [5.41, 5.74) is 5.11. The Morgan fingerprint density at radius 2 is 1.68 bits per heavy atom. The first-order valence-electron chi connectivity index (χ1n) is 9.01. The number of aryl methyl sites for hydroxylation is 2. The van der Waals surface area contributed by atoms with Crippen LogP contribution in [0.3, 0.4) is 0 Å². The van der Waals surface area contributed by atoms with Gasteiger partial charge < -0.3 is 15.5 Å². The molecule has 2 aromatic rings. The van der Waals surface area contributed by atoms with E-state index < -0.39 is 0 Å². The fourth-order valence-corrected chi connectivity index (χ4v) is 3.26. The Hall–Kier alpha value is -2.49. The lowest BCUT2D eigenvalue weighted by Gasteiger charge is -2.32. The van der Waals surface area contributed by atoms with Crippen LogP contribution in [0, 0.1) is 19.8 Å². The predicted octanol–water partition coefficient (Wildman–Crippen LogP) is 5.18. The lowest BCUT2D eigenvalue weighted by molar-refractivity contribution is 0.262. The maximum atomic E-state index is 12.2. The molecular weight excluding hydrogens is 310 g/mol. The van der Waals surface area contributed by atoms with Crippen molar-refractivity contribution in [2.24, 2.45) is 5.92 Å². The maximum absolute atomic E-state index is 12.2. The first-order chi connectivity index (χ1) is 12.0. The van der Waals surface area contributed by atoms with Crippen molar-refractivity contribution in [3.8, 4) is 0 Å². The summed E-state index contributed by atoms with van der Waals surface area (Å²) in [6.07, 6.45) is 2.50.